The van der Waals surface area contributed by atoms with Crippen molar-refractivity contribution in [2.24, 2.45) is 0 Å². The zero-order valence-electron chi connectivity index (χ0n) is 15.3. The summed E-state index contributed by atoms with van der Waals surface area (Å²) >= 11 is 5.40. The molecule has 2 aromatic carbocycles. The molecular weight excluding hydrogens is 401 g/mol. The van der Waals surface area contributed by atoms with Crippen LogP contribution >= 0.6 is 12.2 Å². The molecule has 2 aromatic rings. The third-order valence-electron chi connectivity index (χ3n) is 4.66. The zero-order chi connectivity index (χ0) is 21.5. The van der Waals surface area contributed by atoms with Crippen molar-refractivity contribution in [3.63, 3.8) is 0 Å². The van der Waals surface area contributed by atoms with Crippen LogP contribution in [0.3, 0.4) is 0 Å². The normalized spacial score (nSPS) is 16.7. The van der Waals surface area contributed by atoms with Gasteiger partial charge in [-0.25, -0.2) is 0 Å². The van der Waals surface area contributed by atoms with Gasteiger partial charge in [0.1, 0.15) is 6.04 Å². The predicted molar refractivity (Wildman–Crippen MR) is 104 cm³/mol. The van der Waals surface area contributed by atoms with Gasteiger partial charge in [-0.05, 0) is 68.0 Å². The lowest BCUT2D eigenvalue weighted by Crippen LogP contribution is -2.34. The molecule has 0 aliphatic carbocycles. The molecule has 146 valence electrons. The van der Waals surface area contributed by atoms with E-state index in [1.807, 2.05) is 6.07 Å². The molecule has 0 bridgehead atoms. The Bertz CT molecular complexity index is 1110. The molecule has 5 nitrogen and oxygen atoms in total. The van der Waals surface area contributed by atoms with Crippen LogP contribution in [0, 0.1) is 29.6 Å². The zero-order valence-corrected chi connectivity index (χ0v) is 16.1. The molecule has 0 saturated carbocycles. The van der Waals surface area contributed by atoms with Crippen molar-refractivity contribution >= 4 is 34.6 Å². The molecule has 0 aromatic heterocycles. The maximum atomic E-state index is 13.3. The van der Waals surface area contributed by atoms with Crippen LogP contribution in [-0.2, 0) is 11.0 Å². The van der Waals surface area contributed by atoms with Crippen molar-refractivity contribution in [2.45, 2.75) is 26.1 Å². The number of anilines is 2. The Kier molecular flexibility index (Phi) is 5.04. The van der Waals surface area contributed by atoms with E-state index in [-0.39, 0.29) is 10.8 Å². The highest BCUT2D eigenvalue weighted by molar-refractivity contribution is 7.81. The minimum atomic E-state index is -4.72. The largest absolute Gasteiger partial charge is 0.417 e. The Labute approximate surface area is 170 Å². The highest BCUT2D eigenvalue weighted by atomic mass is 32.1. The first-order valence-electron chi connectivity index (χ1n) is 8.39. The molecule has 1 amide bonds. The van der Waals surface area contributed by atoms with E-state index in [0.717, 1.165) is 12.1 Å². The molecule has 1 aliphatic rings. The summed E-state index contributed by atoms with van der Waals surface area (Å²) in [4.78, 5) is 15.4. The minimum Gasteiger partial charge on any atom is -0.306 e. The Balaban J connectivity index is 2.06. The van der Waals surface area contributed by atoms with Crippen LogP contribution in [0.4, 0.5) is 24.5 Å². The lowest BCUT2D eigenvalue weighted by atomic mass is 10.1. The maximum Gasteiger partial charge on any atom is 0.417 e. The van der Waals surface area contributed by atoms with Crippen LogP contribution in [-0.4, -0.2) is 17.1 Å². The van der Waals surface area contributed by atoms with E-state index in [1.165, 1.54) is 28.9 Å². The average Bonchev–Trinajstić information content (AvgIpc) is 2.89. The number of alkyl halides is 3. The molecule has 1 fully saturated rings. The number of hydrogen-bond donors (Lipinski definition) is 0. The molecule has 1 atom stereocenters. The van der Waals surface area contributed by atoms with Crippen LogP contribution in [0.15, 0.2) is 36.4 Å². The van der Waals surface area contributed by atoms with E-state index >= 15 is 0 Å². The Morgan fingerprint density at radius 3 is 2.17 bits per heavy atom. The van der Waals surface area contributed by atoms with Crippen LogP contribution in [0.1, 0.15) is 29.2 Å². The van der Waals surface area contributed by atoms with E-state index < -0.39 is 29.3 Å². The Hall–Kier alpha value is -3.43. The number of rotatable bonds is 2. The fourth-order valence-corrected chi connectivity index (χ4v) is 3.62. The first-order chi connectivity index (χ1) is 13.6. The van der Waals surface area contributed by atoms with Crippen LogP contribution < -0.4 is 9.80 Å². The van der Waals surface area contributed by atoms with Gasteiger partial charge in [-0.15, -0.1) is 0 Å². The third kappa shape index (κ3) is 3.41. The molecule has 1 heterocycles. The third-order valence-corrected chi connectivity index (χ3v) is 5.04. The van der Waals surface area contributed by atoms with Gasteiger partial charge in [0, 0.05) is 5.69 Å². The Morgan fingerprint density at radius 1 is 1.03 bits per heavy atom. The van der Waals surface area contributed by atoms with E-state index in [1.54, 1.807) is 25.1 Å². The van der Waals surface area contributed by atoms with Crippen molar-refractivity contribution in [3.05, 3.63) is 58.7 Å². The molecule has 3 rings (SSSR count). The first kappa shape index (κ1) is 20.3. The average molecular weight is 414 g/mol. The molecule has 1 aliphatic heterocycles. The second-order valence-corrected chi connectivity index (χ2v) is 6.82. The number of hydrogen-bond acceptors (Lipinski definition) is 4. The second kappa shape index (κ2) is 7.19. The summed E-state index contributed by atoms with van der Waals surface area (Å²) in [6.45, 7) is 3.25. The van der Waals surface area contributed by atoms with E-state index in [2.05, 4.69) is 0 Å². The van der Waals surface area contributed by atoms with Gasteiger partial charge < -0.3 is 4.90 Å². The van der Waals surface area contributed by atoms with E-state index in [0.29, 0.717) is 16.8 Å². The Morgan fingerprint density at radius 2 is 1.62 bits per heavy atom. The van der Waals surface area contributed by atoms with Gasteiger partial charge in [0.05, 0.1) is 34.5 Å². The number of carbonyl (C=O) groups is 1. The molecule has 0 spiro atoms. The van der Waals surface area contributed by atoms with Gasteiger partial charge in [-0.1, -0.05) is 0 Å². The predicted octanol–water partition coefficient (Wildman–Crippen LogP) is 4.28. The summed E-state index contributed by atoms with van der Waals surface area (Å²) < 4.78 is 40.0. The maximum absolute atomic E-state index is 13.3. The van der Waals surface area contributed by atoms with Crippen LogP contribution in [0.2, 0.25) is 0 Å². The quantitative estimate of drug-likeness (QED) is 0.686. The second-order valence-electron chi connectivity index (χ2n) is 6.45. The smallest absolute Gasteiger partial charge is 0.306 e. The number of nitriles is 2. The van der Waals surface area contributed by atoms with Gasteiger partial charge in [0.15, 0.2) is 5.11 Å². The highest BCUT2D eigenvalue weighted by Gasteiger charge is 2.42. The number of benzene rings is 2. The summed E-state index contributed by atoms with van der Waals surface area (Å²) in [5, 5.41) is 18.1. The van der Waals surface area contributed by atoms with Gasteiger partial charge in [-0.3, -0.25) is 9.69 Å². The monoisotopic (exact) mass is 414 g/mol. The van der Waals surface area contributed by atoms with Crippen molar-refractivity contribution in [1.82, 2.24) is 0 Å². The highest BCUT2D eigenvalue weighted by Crippen LogP contribution is 2.37. The van der Waals surface area contributed by atoms with Crippen molar-refractivity contribution in [3.8, 4) is 12.1 Å². The number of halogens is 3. The molecule has 29 heavy (non-hydrogen) atoms. The lowest BCUT2D eigenvalue weighted by Gasteiger charge is -2.23. The fourth-order valence-electron chi connectivity index (χ4n) is 3.16. The standard InChI is InChI=1S/C20H13F3N4OS/c1-11-7-15(5-3-13(11)9-24)27-18(28)12(2)26(19(27)29)16-6-4-14(10-25)17(8-16)20(21,22)23/h3-8,12H,1-2H3. The minimum absolute atomic E-state index is 0.0180. The van der Waals surface area contributed by atoms with Crippen molar-refractivity contribution in [1.29, 1.82) is 10.5 Å². The van der Waals surface area contributed by atoms with Gasteiger partial charge in [-0.2, -0.15) is 23.7 Å². The van der Waals surface area contributed by atoms with Gasteiger partial charge in [0.2, 0.25) is 0 Å². The fraction of sp³-hybridized carbons (Fsp3) is 0.200. The number of nitrogens with zero attached hydrogens (tertiary/aromatic N) is 4. The number of carbonyl (C=O) groups excluding carboxylic acids is 1. The number of aryl methyl sites for hydroxylation is 1. The summed E-state index contributed by atoms with van der Waals surface area (Å²) in [7, 11) is 0. The lowest BCUT2D eigenvalue weighted by molar-refractivity contribution is -0.137. The van der Waals surface area contributed by atoms with Gasteiger partial charge in [0.25, 0.3) is 5.91 Å². The number of thiocarbonyl (C=S) groups is 1. The van der Waals surface area contributed by atoms with Crippen molar-refractivity contribution in [2.75, 3.05) is 9.80 Å². The molecule has 9 heteroatoms. The van der Waals surface area contributed by atoms with Gasteiger partial charge >= 0.3 is 6.18 Å². The molecule has 1 unspecified atom stereocenters. The summed E-state index contributed by atoms with van der Waals surface area (Å²) in [6.07, 6.45) is -4.72. The van der Waals surface area contributed by atoms with E-state index in [4.69, 9.17) is 22.7 Å². The van der Waals surface area contributed by atoms with Crippen LogP contribution in [0.25, 0.3) is 0 Å². The molecule has 0 radical (unpaired) electrons. The van der Waals surface area contributed by atoms with E-state index in [9.17, 15) is 18.0 Å². The summed E-state index contributed by atoms with van der Waals surface area (Å²) in [6, 6.07) is 10.7. The molecule has 1 saturated heterocycles. The summed E-state index contributed by atoms with van der Waals surface area (Å²) in [5.74, 6) is -0.406. The van der Waals surface area contributed by atoms with Crippen LogP contribution in [0.5, 0.6) is 0 Å². The SMILES string of the molecule is Cc1cc(N2C(=O)C(C)N(c3ccc(C#N)c(C(F)(F)F)c3)C2=S)ccc1C#N. The summed E-state index contributed by atoms with van der Waals surface area (Å²) in [5.41, 5.74) is -0.0225. The molecular formula is C20H13F3N4OS. The topological polar surface area (TPSA) is 71.1 Å². The molecule has 0 N–H and O–H groups in total. The first-order valence-corrected chi connectivity index (χ1v) is 8.80. The number of amides is 1. The van der Waals surface area contributed by atoms with Crippen molar-refractivity contribution < 1.29 is 18.0 Å².